The van der Waals surface area contributed by atoms with Gasteiger partial charge in [0, 0.05) is 29.9 Å². The number of nitrogens with zero attached hydrogens (tertiary/aromatic N) is 2. The second-order valence-corrected chi connectivity index (χ2v) is 8.57. The lowest BCUT2D eigenvalue weighted by atomic mass is 9.85. The maximum Gasteiger partial charge on any atom is 0.191 e. The first kappa shape index (κ1) is 17.7. The molecule has 4 nitrogen and oxygen atoms in total. The van der Waals surface area contributed by atoms with E-state index in [2.05, 4.69) is 41.4 Å². The van der Waals surface area contributed by atoms with Gasteiger partial charge < -0.3 is 10.2 Å². The minimum absolute atomic E-state index is 0.235. The monoisotopic (exact) mass is 375 g/mol. The van der Waals surface area contributed by atoms with Crippen molar-refractivity contribution in [1.82, 2.24) is 10.2 Å². The molecule has 28 heavy (non-hydrogen) atoms. The van der Waals surface area contributed by atoms with Crippen LogP contribution in [0.5, 0.6) is 0 Å². The molecule has 1 aliphatic carbocycles. The van der Waals surface area contributed by atoms with Crippen LogP contribution in [0.15, 0.2) is 58.0 Å². The molecule has 1 atom stereocenters. The van der Waals surface area contributed by atoms with E-state index in [0.717, 1.165) is 59.9 Å². The molecule has 1 N–H and O–H groups in total. The summed E-state index contributed by atoms with van der Waals surface area (Å²) in [5.74, 6) is 0.648. The van der Waals surface area contributed by atoms with Crippen LogP contribution in [0.2, 0.25) is 0 Å². The van der Waals surface area contributed by atoms with Crippen molar-refractivity contribution in [1.29, 1.82) is 0 Å². The summed E-state index contributed by atoms with van der Waals surface area (Å²) in [4.78, 5) is 21.0. The zero-order valence-corrected chi connectivity index (χ0v) is 16.7. The van der Waals surface area contributed by atoms with Gasteiger partial charge in [-0.3, -0.25) is 9.79 Å². The molecular weight excluding hydrogens is 346 g/mol. The van der Waals surface area contributed by atoms with Crippen LogP contribution in [0, 0.1) is 5.92 Å². The van der Waals surface area contributed by atoms with Gasteiger partial charge in [-0.25, -0.2) is 0 Å². The second-order valence-electron chi connectivity index (χ2n) is 8.57. The number of hydrogen-bond donors (Lipinski definition) is 1. The van der Waals surface area contributed by atoms with Crippen molar-refractivity contribution < 1.29 is 4.79 Å². The third-order valence-electron chi connectivity index (χ3n) is 6.73. The number of benzene rings is 1. The van der Waals surface area contributed by atoms with Gasteiger partial charge in [0.05, 0.1) is 17.1 Å². The highest BCUT2D eigenvalue weighted by atomic mass is 16.1. The van der Waals surface area contributed by atoms with Crippen LogP contribution in [0.4, 0.5) is 0 Å². The van der Waals surface area contributed by atoms with E-state index in [-0.39, 0.29) is 11.8 Å². The van der Waals surface area contributed by atoms with E-state index in [9.17, 15) is 4.79 Å². The number of Topliss-reactive ketones (excluding diaryl/α,β-unsaturated/α-hetero) is 1. The highest BCUT2D eigenvalue weighted by Crippen LogP contribution is 2.39. The Kier molecular flexibility index (Phi) is 4.58. The summed E-state index contributed by atoms with van der Waals surface area (Å²) in [5, 5.41) is 3.66. The highest BCUT2D eigenvalue weighted by molar-refractivity contribution is 6.18. The number of aliphatic imine (C=N–C) groups is 1. The van der Waals surface area contributed by atoms with E-state index in [0.29, 0.717) is 5.92 Å². The molecule has 1 unspecified atom stereocenters. The Morgan fingerprint density at radius 3 is 2.43 bits per heavy atom. The molecule has 2 fully saturated rings. The Morgan fingerprint density at radius 2 is 1.71 bits per heavy atom. The van der Waals surface area contributed by atoms with Crippen molar-refractivity contribution in [3.63, 3.8) is 0 Å². The molecule has 3 heterocycles. The van der Waals surface area contributed by atoms with Gasteiger partial charge in [-0.15, -0.1) is 0 Å². The molecule has 0 spiro atoms. The predicted molar refractivity (Wildman–Crippen MR) is 112 cm³/mol. The van der Waals surface area contributed by atoms with Crippen molar-refractivity contribution in [2.45, 2.75) is 57.9 Å². The standard InChI is InChI=1S/C24H29N3O/c1-16-19(17-10-6-7-11-17)24(28)22-21(25-16)23(27-14-8-3-9-15-27)20(26-22)18-12-4-2-5-13-18/h2,4-5,12-13,17,22,25H,3,6-11,14-15H2,1H3. The van der Waals surface area contributed by atoms with Crippen LogP contribution in [0.1, 0.15) is 57.4 Å². The van der Waals surface area contributed by atoms with Crippen molar-refractivity contribution >= 4 is 11.5 Å². The van der Waals surface area contributed by atoms with E-state index < -0.39 is 0 Å². The van der Waals surface area contributed by atoms with Crippen molar-refractivity contribution in [3.8, 4) is 0 Å². The van der Waals surface area contributed by atoms with Gasteiger partial charge in [-0.2, -0.15) is 0 Å². The Balaban J connectivity index is 1.59. The fraction of sp³-hybridized carbons (Fsp3) is 0.500. The largest absolute Gasteiger partial charge is 0.368 e. The molecule has 0 amide bonds. The quantitative estimate of drug-likeness (QED) is 0.861. The molecule has 1 aromatic rings. The van der Waals surface area contributed by atoms with Crippen LogP contribution in [0.25, 0.3) is 0 Å². The molecule has 0 radical (unpaired) electrons. The molecule has 1 saturated heterocycles. The first-order valence-electron chi connectivity index (χ1n) is 10.9. The minimum Gasteiger partial charge on any atom is -0.368 e. The van der Waals surface area contributed by atoms with Gasteiger partial charge in [-0.05, 0) is 44.9 Å². The molecule has 0 bridgehead atoms. The zero-order valence-electron chi connectivity index (χ0n) is 16.7. The summed E-state index contributed by atoms with van der Waals surface area (Å²) in [7, 11) is 0. The molecule has 5 rings (SSSR count). The fourth-order valence-electron chi connectivity index (χ4n) is 5.40. The number of fused-ring (bicyclic) bond motifs is 1. The number of hydrogen-bond acceptors (Lipinski definition) is 4. The van der Waals surface area contributed by atoms with Crippen LogP contribution >= 0.6 is 0 Å². The van der Waals surface area contributed by atoms with E-state index in [4.69, 9.17) is 4.99 Å². The Bertz CT molecular complexity index is 868. The Morgan fingerprint density at radius 1 is 1.00 bits per heavy atom. The predicted octanol–water partition coefficient (Wildman–Crippen LogP) is 4.19. The summed E-state index contributed by atoms with van der Waals surface area (Å²) < 4.78 is 0. The number of allylic oxidation sites excluding steroid dienone is 2. The van der Waals surface area contributed by atoms with Gasteiger partial charge in [-0.1, -0.05) is 43.2 Å². The van der Waals surface area contributed by atoms with Crippen LogP contribution < -0.4 is 5.32 Å². The minimum atomic E-state index is -0.383. The molecule has 4 aliphatic rings. The van der Waals surface area contributed by atoms with Crippen molar-refractivity contribution in [2.24, 2.45) is 10.9 Å². The summed E-state index contributed by atoms with van der Waals surface area (Å²) in [6, 6.07) is 9.99. The number of ketones is 1. The van der Waals surface area contributed by atoms with Gasteiger partial charge in [0.25, 0.3) is 0 Å². The smallest absolute Gasteiger partial charge is 0.191 e. The normalized spacial score (nSPS) is 25.9. The number of piperidine rings is 1. The van der Waals surface area contributed by atoms with E-state index in [1.807, 2.05) is 6.07 Å². The number of carbonyl (C=O) groups excluding carboxylic acids is 1. The molecular formula is C24H29N3O. The van der Waals surface area contributed by atoms with Gasteiger partial charge in [0.1, 0.15) is 0 Å². The Labute approximate surface area is 167 Å². The molecule has 3 aliphatic heterocycles. The molecule has 4 heteroatoms. The third kappa shape index (κ3) is 2.90. The van der Waals surface area contributed by atoms with Crippen LogP contribution in [-0.2, 0) is 4.79 Å². The molecule has 1 saturated carbocycles. The van der Waals surface area contributed by atoms with E-state index in [1.54, 1.807) is 0 Å². The van der Waals surface area contributed by atoms with Gasteiger partial charge in [0.2, 0.25) is 0 Å². The second kappa shape index (κ2) is 7.23. The molecule has 0 aromatic heterocycles. The van der Waals surface area contributed by atoms with Gasteiger partial charge in [0.15, 0.2) is 11.8 Å². The lowest BCUT2D eigenvalue weighted by molar-refractivity contribution is -0.116. The maximum absolute atomic E-state index is 13.6. The van der Waals surface area contributed by atoms with Crippen molar-refractivity contribution in [3.05, 3.63) is 58.6 Å². The number of rotatable bonds is 3. The van der Waals surface area contributed by atoms with E-state index in [1.165, 1.54) is 32.1 Å². The van der Waals surface area contributed by atoms with E-state index >= 15 is 0 Å². The summed E-state index contributed by atoms with van der Waals surface area (Å²) >= 11 is 0. The average molecular weight is 376 g/mol. The topological polar surface area (TPSA) is 44.7 Å². The summed E-state index contributed by atoms with van der Waals surface area (Å²) in [6.45, 7) is 4.18. The zero-order chi connectivity index (χ0) is 19.1. The maximum atomic E-state index is 13.6. The number of nitrogens with one attached hydrogen (secondary N) is 1. The number of carbonyl (C=O) groups is 1. The highest BCUT2D eigenvalue weighted by Gasteiger charge is 2.43. The van der Waals surface area contributed by atoms with Crippen LogP contribution in [-0.4, -0.2) is 35.5 Å². The lowest BCUT2D eigenvalue weighted by Gasteiger charge is -2.33. The fourth-order valence-corrected chi connectivity index (χ4v) is 5.40. The SMILES string of the molecule is CC1=C(C2CCCC2)C(=O)C2N=C(c3ccccc3)C(N3CCCCC3)=C2N1. The lowest BCUT2D eigenvalue weighted by Crippen LogP contribution is -2.40. The first-order chi connectivity index (χ1) is 13.7. The average Bonchev–Trinajstić information content (AvgIpc) is 3.38. The van der Waals surface area contributed by atoms with Crippen molar-refractivity contribution in [2.75, 3.05) is 13.1 Å². The number of likely N-dealkylation sites (tertiary alicyclic amines) is 1. The van der Waals surface area contributed by atoms with Gasteiger partial charge >= 0.3 is 0 Å². The van der Waals surface area contributed by atoms with Crippen LogP contribution in [0.3, 0.4) is 0 Å². The molecule has 1 aromatic carbocycles. The third-order valence-corrected chi connectivity index (χ3v) is 6.73. The summed E-state index contributed by atoms with van der Waals surface area (Å²) in [6.07, 6.45) is 8.45. The Hall–Kier alpha value is -2.36. The summed E-state index contributed by atoms with van der Waals surface area (Å²) in [5.41, 5.74) is 6.35. The molecule has 146 valence electrons. The first-order valence-corrected chi connectivity index (χ1v) is 10.9.